The van der Waals surface area contributed by atoms with Gasteiger partial charge in [-0.05, 0) is 62.0 Å². The number of ether oxygens (including phenoxy) is 1. The quantitative estimate of drug-likeness (QED) is 0.339. The highest BCUT2D eigenvalue weighted by Gasteiger charge is 2.43. The molecule has 3 rings (SSSR count). The van der Waals surface area contributed by atoms with Crippen molar-refractivity contribution in [1.82, 2.24) is 15.3 Å². The molecule has 0 radical (unpaired) electrons. The number of likely N-dealkylation sites (N-methyl/N-ethyl adjacent to an activating group) is 1. The second-order valence-electron chi connectivity index (χ2n) is 8.24. The Hall–Kier alpha value is -3.46. The molecule has 0 aromatic heterocycles. The van der Waals surface area contributed by atoms with Gasteiger partial charge in [-0.2, -0.15) is 0 Å². The number of hydrogen-bond donors (Lipinski definition) is 2. The Morgan fingerprint density at radius 2 is 1.71 bits per heavy atom. The topological polar surface area (TPSA) is 91.0 Å². The zero-order valence-electron chi connectivity index (χ0n) is 20.2. The van der Waals surface area contributed by atoms with Crippen molar-refractivity contribution >= 4 is 40.7 Å². The van der Waals surface area contributed by atoms with Gasteiger partial charge in [0, 0.05) is 17.8 Å². The van der Waals surface area contributed by atoms with Gasteiger partial charge in [-0.15, -0.1) is 0 Å². The Morgan fingerprint density at radius 1 is 1.00 bits per heavy atom. The first-order chi connectivity index (χ1) is 16.9. The molecule has 1 aliphatic rings. The van der Waals surface area contributed by atoms with Crippen LogP contribution in [0.1, 0.15) is 56.3 Å². The van der Waals surface area contributed by atoms with Gasteiger partial charge in [-0.3, -0.25) is 24.7 Å². The van der Waals surface area contributed by atoms with Gasteiger partial charge in [-0.25, -0.2) is 5.01 Å². The van der Waals surface area contributed by atoms with E-state index < -0.39 is 11.9 Å². The molecular formula is C26H32N4O4S. The Morgan fingerprint density at radius 3 is 2.37 bits per heavy atom. The third-order valence-electron chi connectivity index (χ3n) is 5.66. The number of hydrogen-bond acceptors (Lipinski definition) is 5. The van der Waals surface area contributed by atoms with Gasteiger partial charge < -0.3 is 10.1 Å². The maximum atomic E-state index is 12.9. The Bertz CT molecular complexity index is 1030. The van der Waals surface area contributed by atoms with E-state index in [1.165, 1.54) is 22.8 Å². The molecule has 3 amide bonds. The normalized spacial score (nSPS) is 15.3. The third-order valence-corrected chi connectivity index (χ3v) is 6.07. The summed E-state index contributed by atoms with van der Waals surface area (Å²) in [6, 6.07) is 14.8. The number of nitrogens with one attached hydrogen (secondary N) is 2. The molecule has 1 saturated heterocycles. The van der Waals surface area contributed by atoms with Crippen LogP contribution in [0.5, 0.6) is 5.75 Å². The van der Waals surface area contributed by atoms with Gasteiger partial charge in [0.2, 0.25) is 5.91 Å². The van der Waals surface area contributed by atoms with E-state index in [9.17, 15) is 14.4 Å². The summed E-state index contributed by atoms with van der Waals surface area (Å²) in [5, 5.41) is 4.28. The summed E-state index contributed by atoms with van der Waals surface area (Å²) < 4.78 is 5.73. The lowest BCUT2D eigenvalue weighted by atomic mass is 10.1. The van der Waals surface area contributed by atoms with E-state index in [1.54, 1.807) is 61.5 Å². The van der Waals surface area contributed by atoms with Gasteiger partial charge in [0.25, 0.3) is 11.8 Å². The molecule has 2 aromatic carbocycles. The number of nitrogens with zero attached hydrogens (tertiary/aromatic N) is 2. The average Bonchev–Trinajstić information content (AvgIpc) is 3.08. The minimum absolute atomic E-state index is 0.166. The molecule has 8 nitrogen and oxygen atoms in total. The van der Waals surface area contributed by atoms with Crippen LogP contribution in [0.3, 0.4) is 0 Å². The first kappa shape index (κ1) is 26.2. The Kier molecular flexibility index (Phi) is 9.60. The number of thiocarbonyl (C=S) groups is 1. The van der Waals surface area contributed by atoms with Crippen molar-refractivity contribution in [1.29, 1.82) is 0 Å². The highest BCUT2D eigenvalue weighted by molar-refractivity contribution is 7.80. The van der Waals surface area contributed by atoms with Crippen molar-refractivity contribution in [2.75, 3.05) is 18.5 Å². The summed E-state index contributed by atoms with van der Waals surface area (Å²) in [7, 11) is 0. The smallest absolute Gasteiger partial charge is 0.269 e. The van der Waals surface area contributed by atoms with Gasteiger partial charge in [0.15, 0.2) is 5.11 Å². The maximum Gasteiger partial charge on any atom is 0.269 e. The van der Waals surface area contributed by atoms with Crippen LogP contribution in [0.25, 0.3) is 0 Å². The molecular weight excluding hydrogens is 464 g/mol. The Balaban J connectivity index is 1.59. The highest BCUT2D eigenvalue weighted by Crippen LogP contribution is 2.21. The van der Waals surface area contributed by atoms with Crippen molar-refractivity contribution in [3.8, 4) is 5.75 Å². The van der Waals surface area contributed by atoms with Crippen molar-refractivity contribution in [2.24, 2.45) is 0 Å². The standard InChI is InChI=1S/C26H32N4O4S/c1-3-5-6-10-17-34-21-15-13-20(14-16-21)27-23(31)18-22-25(33)29(4-2)26(35)30(22)28-24(32)19-11-8-7-9-12-19/h7-9,11-16,22H,3-6,10,17-18H2,1-2H3,(H,27,31)(H,28,32). The third kappa shape index (κ3) is 7.02. The lowest BCUT2D eigenvalue weighted by Gasteiger charge is -2.24. The average molecular weight is 497 g/mol. The molecule has 9 heteroatoms. The van der Waals surface area contributed by atoms with Gasteiger partial charge >= 0.3 is 0 Å². The fraction of sp³-hybridized carbons (Fsp3) is 0.385. The van der Waals surface area contributed by atoms with Crippen molar-refractivity contribution in [3.63, 3.8) is 0 Å². The Labute approximate surface area is 211 Å². The van der Waals surface area contributed by atoms with E-state index in [2.05, 4.69) is 17.7 Å². The fourth-order valence-corrected chi connectivity index (χ4v) is 4.14. The zero-order chi connectivity index (χ0) is 25.2. The van der Waals surface area contributed by atoms with E-state index in [4.69, 9.17) is 17.0 Å². The van der Waals surface area contributed by atoms with Crippen molar-refractivity contribution in [3.05, 3.63) is 60.2 Å². The summed E-state index contributed by atoms with van der Waals surface area (Å²) in [5.74, 6) is -0.359. The van der Waals surface area contributed by atoms with Gasteiger partial charge in [0.05, 0.1) is 13.0 Å². The molecule has 1 atom stereocenters. The second kappa shape index (κ2) is 12.9. The minimum atomic E-state index is -0.930. The molecule has 2 aromatic rings. The van der Waals surface area contributed by atoms with Crippen LogP contribution in [0.4, 0.5) is 5.69 Å². The lowest BCUT2D eigenvalue weighted by molar-refractivity contribution is -0.130. The molecule has 186 valence electrons. The highest BCUT2D eigenvalue weighted by atomic mass is 32.1. The lowest BCUT2D eigenvalue weighted by Crippen LogP contribution is -2.49. The molecule has 1 fully saturated rings. The minimum Gasteiger partial charge on any atom is -0.494 e. The second-order valence-corrected chi connectivity index (χ2v) is 8.61. The molecule has 0 spiro atoms. The van der Waals surface area contributed by atoms with Gasteiger partial charge in [-0.1, -0.05) is 44.4 Å². The van der Waals surface area contributed by atoms with E-state index >= 15 is 0 Å². The van der Waals surface area contributed by atoms with Crippen molar-refractivity contribution in [2.45, 2.75) is 52.0 Å². The fourth-order valence-electron chi connectivity index (χ4n) is 3.75. The number of carbonyl (C=O) groups is 3. The summed E-state index contributed by atoms with van der Waals surface area (Å²) in [6.45, 7) is 4.96. The largest absolute Gasteiger partial charge is 0.494 e. The predicted molar refractivity (Wildman–Crippen MR) is 139 cm³/mol. The molecule has 2 N–H and O–H groups in total. The van der Waals surface area contributed by atoms with Crippen molar-refractivity contribution < 1.29 is 19.1 Å². The summed E-state index contributed by atoms with van der Waals surface area (Å²) in [5.41, 5.74) is 3.71. The zero-order valence-corrected chi connectivity index (χ0v) is 21.0. The molecule has 0 bridgehead atoms. The van der Waals surface area contributed by atoms with E-state index in [-0.39, 0.29) is 23.3 Å². The molecule has 0 saturated carbocycles. The summed E-state index contributed by atoms with van der Waals surface area (Å²) in [4.78, 5) is 39.8. The van der Waals surface area contributed by atoms with Crippen LogP contribution in [-0.4, -0.2) is 51.9 Å². The number of unbranched alkanes of at least 4 members (excludes halogenated alkanes) is 3. The van der Waals surface area contributed by atoms with Crippen LogP contribution in [0.2, 0.25) is 0 Å². The first-order valence-electron chi connectivity index (χ1n) is 12.0. The SMILES string of the molecule is CCCCCCOc1ccc(NC(=O)CC2C(=O)N(CC)C(=S)N2NC(=O)c2ccccc2)cc1. The van der Waals surface area contributed by atoms with Crippen LogP contribution in [-0.2, 0) is 9.59 Å². The van der Waals surface area contributed by atoms with Crippen LogP contribution < -0.4 is 15.5 Å². The van der Waals surface area contributed by atoms with Crippen LogP contribution >= 0.6 is 12.2 Å². The van der Waals surface area contributed by atoms with E-state index in [0.29, 0.717) is 24.4 Å². The van der Waals surface area contributed by atoms with E-state index in [1.807, 2.05) is 0 Å². The van der Waals surface area contributed by atoms with Crippen LogP contribution in [0.15, 0.2) is 54.6 Å². The molecule has 35 heavy (non-hydrogen) atoms. The number of amides is 3. The van der Waals surface area contributed by atoms with E-state index in [0.717, 1.165) is 18.6 Å². The number of rotatable bonds is 12. The number of carbonyl (C=O) groups excluding carboxylic acids is 3. The maximum absolute atomic E-state index is 12.9. The number of benzene rings is 2. The molecule has 1 heterocycles. The summed E-state index contributed by atoms with van der Waals surface area (Å²) in [6.07, 6.45) is 4.37. The van der Waals surface area contributed by atoms with Crippen LogP contribution in [0, 0.1) is 0 Å². The molecule has 1 unspecified atom stereocenters. The first-order valence-corrected chi connectivity index (χ1v) is 12.4. The summed E-state index contributed by atoms with van der Waals surface area (Å²) >= 11 is 5.41. The molecule has 0 aliphatic carbocycles. The number of anilines is 1. The van der Waals surface area contributed by atoms with Gasteiger partial charge in [0.1, 0.15) is 11.8 Å². The number of hydrazine groups is 1. The monoisotopic (exact) mass is 496 g/mol. The molecule has 1 aliphatic heterocycles. The predicted octanol–water partition coefficient (Wildman–Crippen LogP) is 4.14.